The van der Waals surface area contributed by atoms with Gasteiger partial charge >= 0.3 is 0 Å². The minimum atomic E-state index is -4.12. The molecule has 2 heterocycles. The Morgan fingerprint density at radius 2 is 1.90 bits per heavy atom. The molecule has 1 aliphatic heterocycles. The fourth-order valence-electron chi connectivity index (χ4n) is 2.94. The van der Waals surface area contributed by atoms with E-state index in [1.807, 2.05) is 0 Å². The van der Waals surface area contributed by atoms with Crippen LogP contribution < -0.4 is 9.62 Å². The molecule has 0 amide bonds. The zero-order valence-electron chi connectivity index (χ0n) is 14.8. The maximum absolute atomic E-state index is 13.4. The minimum absolute atomic E-state index is 0.0494. The zero-order valence-corrected chi connectivity index (χ0v) is 17.2. The van der Waals surface area contributed by atoms with Gasteiger partial charge in [0.15, 0.2) is 4.91 Å². The van der Waals surface area contributed by atoms with Gasteiger partial charge in [-0.15, -0.1) is 11.3 Å². The van der Waals surface area contributed by atoms with Gasteiger partial charge in [-0.05, 0) is 47.3 Å². The second-order valence-electron chi connectivity index (χ2n) is 6.27. The first-order chi connectivity index (χ1) is 13.9. The van der Waals surface area contributed by atoms with Gasteiger partial charge in [-0.3, -0.25) is 9.10 Å². The van der Waals surface area contributed by atoms with Crippen molar-refractivity contribution in [2.45, 2.75) is 6.54 Å². The Hall–Kier alpha value is -2.68. The average molecular weight is 449 g/mol. The molecule has 3 aromatic rings. The van der Waals surface area contributed by atoms with Gasteiger partial charge in [-0.1, -0.05) is 29.8 Å². The molecule has 0 atom stereocenters. The number of ketones is 1. The van der Waals surface area contributed by atoms with Gasteiger partial charge in [0, 0.05) is 16.9 Å². The molecule has 1 aliphatic rings. The summed E-state index contributed by atoms with van der Waals surface area (Å²) in [6.45, 7) is 0.0494. The third-order valence-corrected chi connectivity index (χ3v) is 7.26. The van der Waals surface area contributed by atoms with Gasteiger partial charge in [0.1, 0.15) is 10.7 Å². The molecule has 148 valence electrons. The maximum atomic E-state index is 13.4. The van der Waals surface area contributed by atoms with E-state index >= 15 is 0 Å². The lowest BCUT2D eigenvalue weighted by Gasteiger charge is -2.29. The van der Waals surface area contributed by atoms with Crippen molar-refractivity contribution < 1.29 is 17.6 Å². The third kappa shape index (κ3) is 3.78. The number of carbonyl (C=O) groups excluding carboxylic acids is 1. The van der Waals surface area contributed by atoms with E-state index in [-0.39, 0.29) is 6.54 Å². The number of hydrogen-bond donors (Lipinski definition) is 1. The second-order valence-corrected chi connectivity index (χ2v) is 9.45. The molecule has 29 heavy (non-hydrogen) atoms. The van der Waals surface area contributed by atoms with Crippen LogP contribution in [0, 0.1) is 5.82 Å². The highest BCUT2D eigenvalue weighted by atomic mass is 35.5. The number of nitrogens with zero attached hydrogens (tertiary/aromatic N) is 1. The van der Waals surface area contributed by atoms with E-state index in [4.69, 9.17) is 11.6 Å². The van der Waals surface area contributed by atoms with Crippen LogP contribution in [-0.2, 0) is 16.6 Å². The fraction of sp³-hybridized carbons (Fsp3) is 0.0500. The lowest BCUT2D eigenvalue weighted by molar-refractivity contribution is 0.104. The SMILES string of the molecule is O=C1C(=CNc2cccc(F)c2)S(=O)(=O)N(Cc2ccc(Cl)cc2)c2ccsc21. The van der Waals surface area contributed by atoms with Gasteiger partial charge < -0.3 is 5.32 Å². The van der Waals surface area contributed by atoms with Crippen molar-refractivity contribution in [1.29, 1.82) is 0 Å². The van der Waals surface area contributed by atoms with Crippen LogP contribution in [0.3, 0.4) is 0 Å². The minimum Gasteiger partial charge on any atom is -0.360 e. The van der Waals surface area contributed by atoms with E-state index in [0.717, 1.165) is 11.8 Å². The van der Waals surface area contributed by atoms with E-state index < -0.39 is 26.5 Å². The van der Waals surface area contributed by atoms with Crippen molar-refractivity contribution in [3.05, 3.63) is 92.4 Å². The molecule has 0 radical (unpaired) electrons. The van der Waals surface area contributed by atoms with Crippen molar-refractivity contribution in [2.75, 3.05) is 9.62 Å². The van der Waals surface area contributed by atoms with Gasteiger partial charge in [0.05, 0.1) is 12.2 Å². The van der Waals surface area contributed by atoms with Crippen LogP contribution in [0.4, 0.5) is 15.8 Å². The summed E-state index contributed by atoms with van der Waals surface area (Å²) in [6.07, 6.45) is 1.12. The van der Waals surface area contributed by atoms with Crippen LogP contribution in [0.5, 0.6) is 0 Å². The average Bonchev–Trinajstić information content (AvgIpc) is 3.16. The quantitative estimate of drug-likeness (QED) is 0.568. The summed E-state index contributed by atoms with van der Waals surface area (Å²) in [7, 11) is -4.12. The van der Waals surface area contributed by atoms with E-state index in [9.17, 15) is 17.6 Å². The predicted octanol–water partition coefficient (Wildman–Crippen LogP) is 5.03. The summed E-state index contributed by atoms with van der Waals surface area (Å²) in [6, 6.07) is 14.0. The standard InChI is InChI=1S/C20H14ClFN2O3S2/c21-14-6-4-13(5-7-14)12-24-17-8-9-28-20(17)19(25)18(29(24,26)27)11-23-16-3-1-2-15(22)10-16/h1-11,23H,12H2. The number of hydrogen-bond acceptors (Lipinski definition) is 5. The fourth-order valence-corrected chi connectivity index (χ4v) is 5.55. The van der Waals surface area contributed by atoms with Gasteiger partial charge in [0.25, 0.3) is 10.0 Å². The number of Topliss-reactive ketones (excluding diaryl/α,β-unsaturated/α-hetero) is 1. The topological polar surface area (TPSA) is 66.5 Å². The normalized spacial score (nSPS) is 16.7. The summed E-state index contributed by atoms with van der Waals surface area (Å²) < 4.78 is 41.1. The number of fused-ring (bicyclic) bond motifs is 1. The Morgan fingerprint density at radius 3 is 2.62 bits per heavy atom. The molecule has 0 unspecified atom stereocenters. The van der Waals surface area contributed by atoms with Crippen molar-refractivity contribution in [2.24, 2.45) is 0 Å². The van der Waals surface area contributed by atoms with Crippen molar-refractivity contribution in [3.63, 3.8) is 0 Å². The van der Waals surface area contributed by atoms with Crippen LogP contribution in [0.2, 0.25) is 5.02 Å². The molecule has 0 spiro atoms. The number of carbonyl (C=O) groups is 1. The molecule has 0 aliphatic carbocycles. The number of thiophene rings is 1. The number of allylic oxidation sites excluding steroid dienone is 1. The number of anilines is 2. The highest BCUT2D eigenvalue weighted by Gasteiger charge is 2.41. The number of halogens is 2. The van der Waals surface area contributed by atoms with Gasteiger partial charge in [0.2, 0.25) is 5.78 Å². The number of benzene rings is 2. The second kappa shape index (κ2) is 7.62. The molecule has 1 N–H and O–H groups in total. The molecule has 0 bridgehead atoms. The molecule has 5 nitrogen and oxygen atoms in total. The number of nitrogens with one attached hydrogen (secondary N) is 1. The van der Waals surface area contributed by atoms with E-state index in [0.29, 0.717) is 21.3 Å². The summed E-state index contributed by atoms with van der Waals surface area (Å²) >= 11 is 7.08. The van der Waals surface area contributed by atoms with Crippen molar-refractivity contribution in [3.8, 4) is 0 Å². The maximum Gasteiger partial charge on any atom is 0.270 e. The van der Waals surface area contributed by atoms with Crippen molar-refractivity contribution >= 4 is 50.1 Å². The van der Waals surface area contributed by atoms with Crippen LogP contribution in [0.25, 0.3) is 0 Å². The van der Waals surface area contributed by atoms with Crippen molar-refractivity contribution in [1.82, 2.24) is 0 Å². The molecule has 4 rings (SSSR count). The number of sulfonamides is 1. The lowest BCUT2D eigenvalue weighted by atomic mass is 10.2. The molecule has 2 aromatic carbocycles. The summed E-state index contributed by atoms with van der Waals surface area (Å²) in [5.41, 5.74) is 1.40. The van der Waals surface area contributed by atoms with Crippen LogP contribution in [0.1, 0.15) is 15.2 Å². The first-order valence-corrected chi connectivity index (χ1v) is 11.2. The highest BCUT2D eigenvalue weighted by Crippen LogP contribution is 2.39. The Kier molecular flexibility index (Phi) is 5.16. The first-order valence-electron chi connectivity index (χ1n) is 8.48. The monoisotopic (exact) mass is 448 g/mol. The Morgan fingerprint density at radius 1 is 1.14 bits per heavy atom. The van der Waals surface area contributed by atoms with E-state index in [1.165, 1.54) is 33.8 Å². The van der Waals surface area contributed by atoms with Gasteiger partial charge in [-0.25, -0.2) is 12.8 Å². The Labute approximate surface area is 176 Å². The van der Waals surface area contributed by atoms with E-state index in [2.05, 4.69) is 5.32 Å². The molecule has 0 saturated heterocycles. The molecular formula is C20H14ClFN2O3S2. The molecule has 0 fully saturated rings. The molecule has 0 saturated carbocycles. The Bertz CT molecular complexity index is 1220. The van der Waals surface area contributed by atoms with Crippen LogP contribution in [-0.4, -0.2) is 14.2 Å². The summed E-state index contributed by atoms with van der Waals surface area (Å²) in [5, 5.41) is 4.93. The van der Waals surface area contributed by atoms with E-state index in [1.54, 1.807) is 41.8 Å². The lowest BCUT2D eigenvalue weighted by Crippen LogP contribution is -2.38. The molecule has 9 heteroatoms. The van der Waals surface area contributed by atoms with Crippen LogP contribution >= 0.6 is 22.9 Å². The van der Waals surface area contributed by atoms with Crippen LogP contribution in [0.15, 0.2) is 71.1 Å². The highest BCUT2D eigenvalue weighted by molar-refractivity contribution is 7.97. The predicted molar refractivity (Wildman–Crippen MR) is 113 cm³/mol. The largest absolute Gasteiger partial charge is 0.360 e. The summed E-state index contributed by atoms with van der Waals surface area (Å²) in [4.78, 5) is 12.8. The molecule has 1 aromatic heterocycles. The Balaban J connectivity index is 1.74. The summed E-state index contributed by atoms with van der Waals surface area (Å²) in [5.74, 6) is -1.07. The first kappa shape index (κ1) is 19.6. The van der Waals surface area contributed by atoms with Gasteiger partial charge in [-0.2, -0.15) is 0 Å². The smallest absolute Gasteiger partial charge is 0.270 e. The number of rotatable bonds is 4. The molecular weight excluding hydrogens is 435 g/mol. The zero-order chi connectivity index (χ0) is 20.6. The third-order valence-electron chi connectivity index (χ3n) is 4.35.